The van der Waals surface area contributed by atoms with E-state index in [4.69, 9.17) is 10.5 Å². The van der Waals surface area contributed by atoms with Crippen molar-refractivity contribution in [2.75, 3.05) is 11.9 Å². The van der Waals surface area contributed by atoms with Crippen molar-refractivity contribution in [3.8, 4) is 0 Å². The highest BCUT2D eigenvalue weighted by Crippen LogP contribution is 2.29. The smallest absolute Gasteiger partial charge is 0.311 e. The number of thiazole rings is 1. The number of rotatable bonds is 5. The van der Waals surface area contributed by atoms with Gasteiger partial charge in [0.05, 0.1) is 24.3 Å². The highest BCUT2D eigenvalue weighted by atomic mass is 32.1. The molecule has 1 aliphatic carbocycles. The maximum atomic E-state index is 12.1. The number of ether oxygens (including phenoxy) is 1. The van der Waals surface area contributed by atoms with E-state index in [-0.39, 0.29) is 18.3 Å². The molecule has 1 saturated carbocycles. The van der Waals surface area contributed by atoms with Crippen molar-refractivity contribution < 1.29 is 14.3 Å². The van der Waals surface area contributed by atoms with Crippen LogP contribution < -0.4 is 11.1 Å². The zero-order valence-corrected chi connectivity index (χ0v) is 12.3. The highest BCUT2D eigenvalue weighted by Gasteiger charge is 2.37. The van der Waals surface area contributed by atoms with Crippen LogP contribution >= 0.6 is 11.3 Å². The van der Waals surface area contributed by atoms with E-state index in [0.717, 1.165) is 12.8 Å². The fourth-order valence-corrected chi connectivity index (χ4v) is 2.97. The summed E-state index contributed by atoms with van der Waals surface area (Å²) in [6.07, 6.45) is 3.50. The molecule has 0 unspecified atom stereocenters. The van der Waals surface area contributed by atoms with E-state index in [2.05, 4.69) is 10.3 Å². The number of nitrogens with two attached hydrogens (primary N) is 1. The average molecular weight is 297 g/mol. The van der Waals surface area contributed by atoms with Crippen LogP contribution in [0.1, 0.15) is 38.3 Å². The highest BCUT2D eigenvalue weighted by molar-refractivity contribution is 7.13. The van der Waals surface area contributed by atoms with Crippen LogP contribution in [0, 0.1) is 0 Å². The number of amides is 1. The summed E-state index contributed by atoms with van der Waals surface area (Å²) in [4.78, 5) is 27.7. The summed E-state index contributed by atoms with van der Waals surface area (Å²) in [5.41, 5.74) is 5.90. The third-order valence-corrected chi connectivity index (χ3v) is 4.16. The van der Waals surface area contributed by atoms with Gasteiger partial charge >= 0.3 is 5.97 Å². The SMILES string of the molecule is CCOC(=O)Cc1csc(NC(=O)C2(N)CCCC2)n1. The molecule has 1 fully saturated rings. The summed E-state index contributed by atoms with van der Waals surface area (Å²) < 4.78 is 4.85. The lowest BCUT2D eigenvalue weighted by Gasteiger charge is -2.21. The summed E-state index contributed by atoms with van der Waals surface area (Å²) in [5, 5.41) is 4.96. The zero-order chi connectivity index (χ0) is 14.6. The first kappa shape index (κ1) is 14.9. The molecule has 0 saturated heterocycles. The maximum absolute atomic E-state index is 12.1. The summed E-state index contributed by atoms with van der Waals surface area (Å²) in [7, 11) is 0. The number of hydrogen-bond acceptors (Lipinski definition) is 6. The van der Waals surface area contributed by atoms with Gasteiger partial charge in [-0.25, -0.2) is 4.98 Å². The molecule has 1 aromatic heterocycles. The Bertz CT molecular complexity index is 495. The van der Waals surface area contributed by atoms with Gasteiger partial charge in [-0.1, -0.05) is 12.8 Å². The first-order valence-electron chi connectivity index (χ1n) is 6.74. The van der Waals surface area contributed by atoms with Crippen molar-refractivity contribution in [3.63, 3.8) is 0 Å². The van der Waals surface area contributed by atoms with Crippen molar-refractivity contribution in [2.24, 2.45) is 5.73 Å². The van der Waals surface area contributed by atoms with Crippen LogP contribution in [0.25, 0.3) is 0 Å². The molecule has 20 heavy (non-hydrogen) atoms. The second-order valence-corrected chi connectivity index (χ2v) is 5.80. The Morgan fingerprint density at radius 1 is 1.50 bits per heavy atom. The van der Waals surface area contributed by atoms with Gasteiger partial charge in [0.2, 0.25) is 5.91 Å². The van der Waals surface area contributed by atoms with E-state index in [1.165, 1.54) is 11.3 Å². The first-order valence-corrected chi connectivity index (χ1v) is 7.62. The lowest BCUT2D eigenvalue weighted by Crippen LogP contribution is -2.48. The van der Waals surface area contributed by atoms with Crippen LogP contribution in [0.15, 0.2) is 5.38 Å². The van der Waals surface area contributed by atoms with Crippen LogP contribution in [0.2, 0.25) is 0 Å². The molecule has 110 valence electrons. The van der Waals surface area contributed by atoms with E-state index in [1.54, 1.807) is 12.3 Å². The van der Waals surface area contributed by atoms with E-state index in [0.29, 0.717) is 30.3 Å². The number of hydrogen-bond donors (Lipinski definition) is 2. The number of nitrogens with one attached hydrogen (secondary N) is 1. The molecule has 1 amide bonds. The molecule has 6 nitrogen and oxygen atoms in total. The Hall–Kier alpha value is -1.47. The van der Waals surface area contributed by atoms with E-state index in [9.17, 15) is 9.59 Å². The number of aromatic nitrogens is 1. The Morgan fingerprint density at radius 2 is 2.20 bits per heavy atom. The summed E-state index contributed by atoms with van der Waals surface area (Å²) in [6.45, 7) is 2.11. The average Bonchev–Trinajstić information content (AvgIpc) is 3.00. The monoisotopic (exact) mass is 297 g/mol. The molecule has 1 aliphatic rings. The molecule has 2 rings (SSSR count). The van der Waals surface area contributed by atoms with Crippen LogP contribution in [-0.2, 0) is 20.7 Å². The Labute approximate surface area is 121 Å². The molecule has 0 spiro atoms. The second kappa shape index (κ2) is 6.32. The van der Waals surface area contributed by atoms with Crippen LogP contribution in [-0.4, -0.2) is 29.0 Å². The van der Waals surface area contributed by atoms with Gasteiger partial charge in [0.25, 0.3) is 0 Å². The van der Waals surface area contributed by atoms with Gasteiger partial charge in [0.1, 0.15) is 0 Å². The molecule has 0 aromatic carbocycles. The van der Waals surface area contributed by atoms with Crippen LogP contribution in [0.5, 0.6) is 0 Å². The minimum Gasteiger partial charge on any atom is -0.466 e. The Balaban J connectivity index is 1.92. The molecule has 3 N–H and O–H groups in total. The molecule has 1 aromatic rings. The largest absolute Gasteiger partial charge is 0.466 e. The van der Waals surface area contributed by atoms with Crippen LogP contribution in [0.3, 0.4) is 0 Å². The van der Waals surface area contributed by atoms with Gasteiger partial charge in [0, 0.05) is 5.38 Å². The topological polar surface area (TPSA) is 94.3 Å². The van der Waals surface area contributed by atoms with Crippen molar-refractivity contribution in [1.29, 1.82) is 0 Å². The maximum Gasteiger partial charge on any atom is 0.311 e. The number of carbonyl (C=O) groups is 2. The lowest BCUT2D eigenvalue weighted by molar-refractivity contribution is -0.142. The summed E-state index contributed by atoms with van der Waals surface area (Å²) in [6, 6.07) is 0. The van der Waals surface area contributed by atoms with Crippen molar-refractivity contribution >= 4 is 28.3 Å². The Kier molecular flexibility index (Phi) is 4.72. The minimum absolute atomic E-state index is 0.119. The van der Waals surface area contributed by atoms with Crippen molar-refractivity contribution in [2.45, 2.75) is 44.6 Å². The van der Waals surface area contributed by atoms with Crippen molar-refractivity contribution in [3.05, 3.63) is 11.1 Å². The van der Waals surface area contributed by atoms with E-state index >= 15 is 0 Å². The standard InChI is InChI=1S/C13H19N3O3S/c1-2-19-10(17)7-9-8-20-12(15-9)16-11(18)13(14)5-3-4-6-13/h8H,2-7,14H2,1H3,(H,15,16,18). The van der Waals surface area contributed by atoms with Gasteiger partial charge < -0.3 is 15.8 Å². The lowest BCUT2D eigenvalue weighted by atomic mass is 9.98. The number of carbonyl (C=O) groups excluding carboxylic acids is 2. The molecule has 0 radical (unpaired) electrons. The van der Waals surface area contributed by atoms with Crippen molar-refractivity contribution in [1.82, 2.24) is 4.98 Å². The molecule has 7 heteroatoms. The molecular formula is C13H19N3O3S. The molecular weight excluding hydrogens is 278 g/mol. The normalized spacial score (nSPS) is 16.9. The van der Waals surface area contributed by atoms with Gasteiger partial charge in [0.15, 0.2) is 5.13 Å². The Morgan fingerprint density at radius 3 is 2.85 bits per heavy atom. The molecule has 0 bridgehead atoms. The second-order valence-electron chi connectivity index (χ2n) is 4.94. The van der Waals surface area contributed by atoms with Gasteiger partial charge in [-0.15, -0.1) is 11.3 Å². The quantitative estimate of drug-likeness (QED) is 0.802. The van der Waals surface area contributed by atoms with E-state index in [1.807, 2.05) is 0 Å². The summed E-state index contributed by atoms with van der Waals surface area (Å²) >= 11 is 1.29. The molecule has 1 heterocycles. The third kappa shape index (κ3) is 3.55. The zero-order valence-electron chi connectivity index (χ0n) is 11.5. The van der Waals surface area contributed by atoms with Gasteiger partial charge in [-0.05, 0) is 19.8 Å². The van der Waals surface area contributed by atoms with Crippen LogP contribution in [0.4, 0.5) is 5.13 Å². The fourth-order valence-electron chi connectivity index (χ4n) is 2.26. The van der Waals surface area contributed by atoms with E-state index < -0.39 is 5.54 Å². The molecule has 0 aliphatic heterocycles. The minimum atomic E-state index is -0.771. The molecule has 0 atom stereocenters. The first-order chi connectivity index (χ1) is 9.53. The predicted octanol–water partition coefficient (Wildman–Crippen LogP) is 1.46. The number of nitrogens with zero attached hydrogens (tertiary/aromatic N) is 1. The summed E-state index contributed by atoms with van der Waals surface area (Å²) in [5.74, 6) is -0.506. The number of esters is 1. The fraction of sp³-hybridized carbons (Fsp3) is 0.615. The number of anilines is 1. The van der Waals surface area contributed by atoms with Gasteiger partial charge in [-0.2, -0.15) is 0 Å². The predicted molar refractivity (Wildman–Crippen MR) is 76.5 cm³/mol. The van der Waals surface area contributed by atoms with Gasteiger partial charge in [-0.3, -0.25) is 9.59 Å². The third-order valence-electron chi connectivity index (χ3n) is 3.35.